The molecule has 0 amide bonds. The number of hydrogen-bond donors (Lipinski definition) is 1. The molecular formula is C18H21FN2O3S. The monoisotopic (exact) mass is 364 g/mol. The molecule has 1 N–H and O–H groups in total. The quantitative estimate of drug-likeness (QED) is 0.886. The van der Waals surface area contributed by atoms with Crippen LogP contribution in [0.5, 0.6) is 0 Å². The van der Waals surface area contributed by atoms with Crippen molar-refractivity contribution in [3.63, 3.8) is 0 Å². The lowest BCUT2D eigenvalue weighted by Gasteiger charge is -2.25. The molecular weight excluding hydrogens is 343 g/mol. The van der Waals surface area contributed by atoms with Crippen molar-refractivity contribution in [3.05, 3.63) is 71.5 Å². The van der Waals surface area contributed by atoms with Gasteiger partial charge in [-0.25, -0.2) is 17.5 Å². The largest absolute Gasteiger partial charge is 0.297 e. The maximum absolute atomic E-state index is 14.2. The first-order valence-corrected chi connectivity index (χ1v) is 9.61. The summed E-state index contributed by atoms with van der Waals surface area (Å²) in [4.78, 5) is 5.41. The molecule has 0 spiro atoms. The van der Waals surface area contributed by atoms with Crippen molar-refractivity contribution >= 4 is 10.0 Å². The first kappa shape index (κ1) is 18.0. The lowest BCUT2D eigenvalue weighted by Crippen LogP contribution is -2.40. The highest BCUT2D eigenvalue weighted by atomic mass is 32.2. The minimum Gasteiger partial charge on any atom is -0.297 e. The van der Waals surface area contributed by atoms with Gasteiger partial charge in [0.25, 0.3) is 0 Å². The summed E-state index contributed by atoms with van der Waals surface area (Å²) in [6.45, 7) is 1.76. The Morgan fingerprint density at radius 1 is 1.16 bits per heavy atom. The van der Waals surface area contributed by atoms with Crippen LogP contribution in [0, 0.1) is 5.82 Å². The normalized spacial score (nSPS) is 22.8. The van der Waals surface area contributed by atoms with Crippen molar-refractivity contribution in [3.8, 4) is 0 Å². The van der Waals surface area contributed by atoms with Crippen molar-refractivity contribution in [2.75, 3.05) is 13.7 Å². The number of benzene rings is 2. The SMILES string of the molecule is C[C@H](NS(=O)(=O)[C@@H]1CON(C)[C@H]1c1ccccc1F)c1ccccc1. The molecule has 134 valence electrons. The van der Waals surface area contributed by atoms with Crippen molar-refractivity contribution in [1.82, 2.24) is 9.79 Å². The third-order valence-electron chi connectivity index (χ3n) is 4.45. The third-order valence-corrected chi connectivity index (χ3v) is 6.32. The highest BCUT2D eigenvalue weighted by molar-refractivity contribution is 7.90. The lowest BCUT2D eigenvalue weighted by atomic mass is 10.0. The van der Waals surface area contributed by atoms with Gasteiger partial charge in [-0.05, 0) is 18.6 Å². The van der Waals surface area contributed by atoms with E-state index >= 15 is 0 Å². The molecule has 3 atom stereocenters. The van der Waals surface area contributed by atoms with Gasteiger partial charge >= 0.3 is 0 Å². The average Bonchev–Trinajstić information content (AvgIpc) is 2.98. The minimum atomic E-state index is -3.74. The van der Waals surface area contributed by atoms with E-state index in [1.807, 2.05) is 30.3 Å². The van der Waals surface area contributed by atoms with Gasteiger partial charge in [0.1, 0.15) is 11.1 Å². The first-order valence-electron chi connectivity index (χ1n) is 8.06. The third kappa shape index (κ3) is 3.74. The van der Waals surface area contributed by atoms with Crippen LogP contribution in [0.15, 0.2) is 54.6 Å². The van der Waals surface area contributed by atoms with Crippen molar-refractivity contribution in [2.45, 2.75) is 24.3 Å². The molecule has 7 heteroatoms. The summed E-state index contributed by atoms with van der Waals surface area (Å²) in [6, 6.07) is 14.4. The van der Waals surface area contributed by atoms with E-state index in [1.54, 1.807) is 32.2 Å². The maximum Gasteiger partial charge on any atom is 0.219 e. The molecule has 2 aromatic carbocycles. The topological polar surface area (TPSA) is 58.6 Å². The Balaban J connectivity index is 1.87. The zero-order valence-electron chi connectivity index (χ0n) is 14.1. The van der Waals surface area contributed by atoms with Crippen LogP contribution in [0.2, 0.25) is 0 Å². The van der Waals surface area contributed by atoms with Crippen molar-refractivity contribution in [1.29, 1.82) is 0 Å². The second kappa shape index (κ2) is 7.21. The molecule has 0 aromatic heterocycles. The Morgan fingerprint density at radius 3 is 2.48 bits per heavy atom. The van der Waals surface area contributed by atoms with Gasteiger partial charge in [-0.2, -0.15) is 5.06 Å². The summed E-state index contributed by atoms with van der Waals surface area (Å²) in [5, 5.41) is 0.510. The molecule has 0 saturated carbocycles. The van der Waals surface area contributed by atoms with Gasteiger partial charge < -0.3 is 0 Å². The van der Waals surface area contributed by atoms with Crippen LogP contribution < -0.4 is 4.72 Å². The Bertz CT molecular complexity index is 829. The van der Waals surface area contributed by atoms with Gasteiger partial charge in [0, 0.05) is 18.7 Å². The molecule has 3 rings (SSSR count). The molecule has 1 aliphatic heterocycles. The van der Waals surface area contributed by atoms with Crippen molar-refractivity contribution < 1.29 is 17.6 Å². The minimum absolute atomic E-state index is 0.0215. The Kier molecular flexibility index (Phi) is 5.19. The molecule has 1 fully saturated rings. The van der Waals surface area contributed by atoms with E-state index in [-0.39, 0.29) is 6.61 Å². The summed E-state index contributed by atoms with van der Waals surface area (Å²) in [6.07, 6.45) is 0. The fourth-order valence-electron chi connectivity index (χ4n) is 3.11. The zero-order chi connectivity index (χ0) is 18.0. The van der Waals surface area contributed by atoms with Gasteiger partial charge in [0.05, 0.1) is 12.6 Å². The predicted molar refractivity (Wildman–Crippen MR) is 93.6 cm³/mol. The molecule has 0 radical (unpaired) electrons. The second-order valence-corrected chi connectivity index (χ2v) is 8.07. The van der Waals surface area contributed by atoms with Gasteiger partial charge in [0.2, 0.25) is 10.0 Å². The van der Waals surface area contributed by atoms with Gasteiger partial charge in [-0.3, -0.25) is 4.84 Å². The molecule has 0 aliphatic carbocycles. The summed E-state index contributed by atoms with van der Waals surface area (Å²) in [7, 11) is -2.12. The summed E-state index contributed by atoms with van der Waals surface area (Å²) in [5.41, 5.74) is 1.17. The number of hydrogen-bond acceptors (Lipinski definition) is 4. The lowest BCUT2D eigenvalue weighted by molar-refractivity contribution is -0.111. The van der Waals surface area contributed by atoms with Crippen LogP contribution in [0.25, 0.3) is 0 Å². The maximum atomic E-state index is 14.2. The molecule has 5 nitrogen and oxygen atoms in total. The number of sulfonamides is 1. The number of hydroxylamine groups is 2. The Morgan fingerprint density at radius 2 is 1.80 bits per heavy atom. The van der Waals surface area contributed by atoms with Crippen LogP contribution in [0.4, 0.5) is 4.39 Å². The Labute approximate surface area is 147 Å². The van der Waals surface area contributed by atoms with E-state index in [0.717, 1.165) is 5.56 Å². The van der Waals surface area contributed by atoms with Gasteiger partial charge in [-0.1, -0.05) is 48.5 Å². The fraction of sp³-hybridized carbons (Fsp3) is 0.333. The van der Waals surface area contributed by atoms with Gasteiger partial charge in [0.15, 0.2) is 0 Å². The standard InChI is InChI=1S/C18H21FN2O3S/c1-13(14-8-4-3-5-9-14)20-25(22,23)17-12-24-21(2)18(17)15-10-6-7-11-16(15)19/h3-11,13,17-18,20H,12H2,1-2H3/t13-,17+,18-/m0/s1. The van der Waals surface area contributed by atoms with E-state index in [1.165, 1.54) is 11.1 Å². The molecule has 2 aromatic rings. The highest BCUT2D eigenvalue weighted by Crippen LogP contribution is 2.35. The van der Waals surface area contributed by atoms with E-state index in [2.05, 4.69) is 4.72 Å². The first-order chi connectivity index (χ1) is 11.9. The molecule has 1 heterocycles. The summed E-state index contributed by atoms with van der Waals surface area (Å²) < 4.78 is 42.7. The molecule has 0 unspecified atom stereocenters. The zero-order valence-corrected chi connectivity index (χ0v) is 14.9. The second-order valence-electron chi connectivity index (χ2n) is 6.14. The van der Waals surface area contributed by atoms with Crippen LogP contribution in [-0.4, -0.2) is 32.4 Å². The molecule has 25 heavy (non-hydrogen) atoms. The van der Waals surface area contributed by atoms with E-state index in [4.69, 9.17) is 4.84 Å². The molecule has 0 bridgehead atoms. The van der Waals surface area contributed by atoms with Crippen LogP contribution in [0.1, 0.15) is 30.1 Å². The van der Waals surface area contributed by atoms with Crippen LogP contribution >= 0.6 is 0 Å². The number of nitrogens with zero attached hydrogens (tertiary/aromatic N) is 1. The van der Waals surface area contributed by atoms with E-state index < -0.39 is 33.2 Å². The molecule has 1 aliphatic rings. The predicted octanol–water partition coefficient (Wildman–Crippen LogP) is 2.79. The van der Waals surface area contributed by atoms with E-state index in [0.29, 0.717) is 5.56 Å². The summed E-state index contributed by atoms with van der Waals surface area (Å²) >= 11 is 0. The highest BCUT2D eigenvalue weighted by Gasteiger charge is 2.44. The smallest absolute Gasteiger partial charge is 0.219 e. The Hall–Kier alpha value is -1.80. The van der Waals surface area contributed by atoms with Crippen molar-refractivity contribution in [2.24, 2.45) is 0 Å². The molecule has 1 saturated heterocycles. The summed E-state index contributed by atoms with van der Waals surface area (Å²) in [5.74, 6) is -0.443. The number of halogens is 1. The van der Waals surface area contributed by atoms with Crippen LogP contribution in [0.3, 0.4) is 0 Å². The average molecular weight is 364 g/mol. The van der Waals surface area contributed by atoms with Gasteiger partial charge in [-0.15, -0.1) is 0 Å². The number of rotatable bonds is 5. The fourth-order valence-corrected chi connectivity index (χ4v) is 4.81. The van der Waals surface area contributed by atoms with Crippen LogP contribution in [-0.2, 0) is 14.9 Å². The number of nitrogens with one attached hydrogen (secondary N) is 1. The van der Waals surface area contributed by atoms with E-state index in [9.17, 15) is 12.8 Å².